The molecule has 0 saturated carbocycles. The lowest BCUT2D eigenvalue weighted by molar-refractivity contribution is -0.123. The fourth-order valence-electron chi connectivity index (χ4n) is 3.03. The molecule has 4 rings (SSSR count). The van der Waals surface area contributed by atoms with Crippen molar-refractivity contribution in [2.45, 2.75) is 0 Å². The third-order valence-electron chi connectivity index (χ3n) is 4.68. The van der Waals surface area contributed by atoms with E-state index >= 15 is 0 Å². The van der Waals surface area contributed by atoms with Gasteiger partial charge >= 0.3 is 5.97 Å². The first-order valence-electron chi connectivity index (χ1n) is 10.0. The van der Waals surface area contributed by atoms with Gasteiger partial charge in [0.05, 0.1) is 24.8 Å². The largest absolute Gasteiger partial charge is 0.493 e. The predicted octanol–water partition coefficient (Wildman–Crippen LogP) is 5.28. The molecule has 0 bridgehead atoms. The molecule has 0 aliphatic carbocycles. The number of thioether (sulfide) groups is 1. The van der Waals surface area contributed by atoms with Crippen LogP contribution in [0.3, 0.4) is 0 Å². The highest BCUT2D eigenvalue weighted by atomic mass is 35.5. The molecule has 0 spiro atoms. The summed E-state index contributed by atoms with van der Waals surface area (Å²) in [7, 11) is 1.43. The van der Waals surface area contributed by atoms with Crippen LogP contribution in [0.1, 0.15) is 16.1 Å². The fraction of sp³-hybridized carbons (Fsp3) is 0.125. The molecule has 34 heavy (non-hydrogen) atoms. The van der Waals surface area contributed by atoms with Gasteiger partial charge in [0.15, 0.2) is 11.5 Å². The average molecular weight is 500 g/mol. The molecule has 1 saturated heterocycles. The number of imide groups is 1. The van der Waals surface area contributed by atoms with Crippen LogP contribution in [0.25, 0.3) is 6.08 Å². The van der Waals surface area contributed by atoms with E-state index in [-0.39, 0.29) is 40.6 Å². The Morgan fingerprint density at radius 2 is 1.91 bits per heavy atom. The van der Waals surface area contributed by atoms with E-state index in [0.717, 1.165) is 16.7 Å². The zero-order chi connectivity index (χ0) is 24.1. The Labute approximate surface area is 204 Å². The second-order valence-corrected chi connectivity index (χ2v) is 8.34. The smallest absolute Gasteiger partial charge is 0.379 e. The summed E-state index contributed by atoms with van der Waals surface area (Å²) in [5, 5.41) is 0.204. The van der Waals surface area contributed by atoms with Gasteiger partial charge in [-0.3, -0.25) is 14.5 Å². The molecular formula is C24H18ClNO7S. The lowest BCUT2D eigenvalue weighted by atomic mass is 10.2. The summed E-state index contributed by atoms with van der Waals surface area (Å²) in [5.41, 5.74) is 0.595. The highest BCUT2D eigenvalue weighted by Crippen LogP contribution is 2.34. The summed E-state index contributed by atoms with van der Waals surface area (Å²) >= 11 is 6.68. The molecule has 3 aromatic rings. The standard InChI is InChI=1S/C24H18ClNO7S/c1-30-20-13-15(4-9-18(20)33-23(28)19-3-2-11-32-19)14-21-22(27)26(24(29)34-21)10-12-31-17-7-5-16(25)6-8-17/h2-9,11,13-14H,10,12H2,1H3/b21-14-. The quantitative estimate of drug-likeness (QED) is 0.235. The van der Waals surface area contributed by atoms with Crippen LogP contribution < -0.4 is 14.2 Å². The minimum absolute atomic E-state index is 0.0554. The lowest BCUT2D eigenvalue weighted by Crippen LogP contribution is -2.32. The Balaban J connectivity index is 1.41. The van der Waals surface area contributed by atoms with Gasteiger partial charge in [-0.05, 0) is 71.9 Å². The number of amides is 2. The third kappa shape index (κ3) is 5.44. The second-order valence-electron chi connectivity index (χ2n) is 6.91. The number of furan rings is 1. The van der Waals surface area contributed by atoms with Crippen LogP contribution in [0.15, 0.2) is 70.2 Å². The van der Waals surface area contributed by atoms with Gasteiger partial charge in [-0.2, -0.15) is 0 Å². The van der Waals surface area contributed by atoms with Crippen molar-refractivity contribution in [3.05, 3.63) is 82.1 Å². The fourth-order valence-corrected chi connectivity index (χ4v) is 4.02. The Morgan fingerprint density at radius 1 is 1.12 bits per heavy atom. The molecule has 1 aromatic heterocycles. The predicted molar refractivity (Wildman–Crippen MR) is 126 cm³/mol. The summed E-state index contributed by atoms with van der Waals surface area (Å²) in [5.74, 6) is 0.0319. The number of methoxy groups -OCH3 is 1. The van der Waals surface area contributed by atoms with Crippen LogP contribution in [0, 0.1) is 0 Å². The van der Waals surface area contributed by atoms with Crippen LogP contribution in [0.5, 0.6) is 17.2 Å². The van der Waals surface area contributed by atoms with Crippen molar-refractivity contribution in [2.24, 2.45) is 0 Å². The van der Waals surface area contributed by atoms with Crippen molar-refractivity contribution >= 4 is 46.6 Å². The van der Waals surface area contributed by atoms with Crippen LogP contribution in [-0.4, -0.2) is 42.3 Å². The van der Waals surface area contributed by atoms with Crippen molar-refractivity contribution in [1.82, 2.24) is 4.90 Å². The van der Waals surface area contributed by atoms with E-state index in [2.05, 4.69) is 0 Å². The van der Waals surface area contributed by atoms with E-state index < -0.39 is 11.9 Å². The van der Waals surface area contributed by atoms with Crippen LogP contribution >= 0.6 is 23.4 Å². The van der Waals surface area contributed by atoms with Gasteiger partial charge in [0.2, 0.25) is 5.76 Å². The van der Waals surface area contributed by atoms with E-state index in [9.17, 15) is 14.4 Å². The maximum Gasteiger partial charge on any atom is 0.379 e. The number of hydrogen-bond acceptors (Lipinski definition) is 8. The molecule has 2 heterocycles. The first-order chi connectivity index (χ1) is 16.4. The van der Waals surface area contributed by atoms with E-state index in [1.54, 1.807) is 48.5 Å². The summed E-state index contributed by atoms with van der Waals surface area (Å²) < 4.78 is 21.2. The molecule has 2 amide bonds. The number of halogens is 1. The van der Waals surface area contributed by atoms with Gasteiger partial charge in [0.25, 0.3) is 11.1 Å². The number of benzene rings is 2. The third-order valence-corrected chi connectivity index (χ3v) is 5.84. The molecule has 0 atom stereocenters. The van der Waals surface area contributed by atoms with Gasteiger partial charge < -0.3 is 18.6 Å². The normalized spacial score (nSPS) is 14.5. The van der Waals surface area contributed by atoms with E-state index in [1.807, 2.05) is 0 Å². The Bertz CT molecular complexity index is 1240. The second kappa shape index (κ2) is 10.5. The maximum absolute atomic E-state index is 12.7. The van der Waals surface area contributed by atoms with Gasteiger partial charge in [-0.1, -0.05) is 17.7 Å². The Morgan fingerprint density at radius 3 is 2.62 bits per heavy atom. The zero-order valence-corrected chi connectivity index (χ0v) is 19.4. The van der Waals surface area contributed by atoms with Gasteiger partial charge in [-0.15, -0.1) is 0 Å². The number of ether oxygens (including phenoxy) is 3. The topological polar surface area (TPSA) is 95.3 Å². The summed E-state index contributed by atoms with van der Waals surface area (Å²) in [4.78, 5) is 38.6. The molecular weight excluding hydrogens is 482 g/mol. The van der Waals surface area contributed by atoms with Gasteiger partial charge in [0.1, 0.15) is 12.4 Å². The van der Waals surface area contributed by atoms with E-state index in [4.69, 9.17) is 30.2 Å². The lowest BCUT2D eigenvalue weighted by Gasteiger charge is -2.13. The van der Waals surface area contributed by atoms with E-state index in [0.29, 0.717) is 16.3 Å². The van der Waals surface area contributed by atoms with Gasteiger partial charge in [0, 0.05) is 5.02 Å². The monoisotopic (exact) mass is 499 g/mol. The maximum atomic E-state index is 12.7. The summed E-state index contributed by atoms with van der Waals surface area (Å²) in [6.45, 7) is 0.256. The van der Waals surface area contributed by atoms with Crippen molar-refractivity contribution < 1.29 is 33.0 Å². The van der Waals surface area contributed by atoms with Crippen molar-refractivity contribution in [3.8, 4) is 17.2 Å². The van der Waals surface area contributed by atoms with Crippen molar-refractivity contribution in [1.29, 1.82) is 0 Å². The highest BCUT2D eigenvalue weighted by molar-refractivity contribution is 8.18. The zero-order valence-electron chi connectivity index (χ0n) is 17.9. The highest BCUT2D eigenvalue weighted by Gasteiger charge is 2.34. The number of esters is 1. The Kier molecular flexibility index (Phi) is 7.24. The number of nitrogens with zero attached hydrogens (tertiary/aromatic N) is 1. The first kappa shape index (κ1) is 23.5. The molecule has 174 valence electrons. The van der Waals surface area contributed by atoms with Crippen molar-refractivity contribution in [2.75, 3.05) is 20.3 Å². The molecule has 0 N–H and O–H groups in total. The van der Waals surface area contributed by atoms with E-state index in [1.165, 1.54) is 25.5 Å². The molecule has 0 unspecified atom stereocenters. The average Bonchev–Trinajstić information content (AvgIpc) is 3.46. The van der Waals surface area contributed by atoms with Crippen molar-refractivity contribution in [3.63, 3.8) is 0 Å². The minimum Gasteiger partial charge on any atom is -0.493 e. The summed E-state index contributed by atoms with van der Waals surface area (Å²) in [6, 6.07) is 14.6. The van der Waals surface area contributed by atoms with Crippen LogP contribution in [-0.2, 0) is 4.79 Å². The molecule has 2 aromatic carbocycles. The molecule has 1 aliphatic heterocycles. The summed E-state index contributed by atoms with van der Waals surface area (Å²) in [6.07, 6.45) is 2.94. The number of carbonyl (C=O) groups is 3. The number of rotatable bonds is 8. The molecule has 1 fully saturated rings. The first-order valence-corrected chi connectivity index (χ1v) is 11.2. The minimum atomic E-state index is -0.669. The molecule has 0 radical (unpaired) electrons. The number of carbonyl (C=O) groups excluding carboxylic acids is 3. The van der Waals surface area contributed by atoms with Gasteiger partial charge in [-0.25, -0.2) is 4.79 Å². The Hall–Kier alpha value is -3.69. The SMILES string of the molecule is COc1cc(/C=C2\SC(=O)N(CCOc3ccc(Cl)cc3)C2=O)ccc1OC(=O)c1ccco1. The van der Waals surface area contributed by atoms with Crippen LogP contribution in [0.4, 0.5) is 4.79 Å². The van der Waals surface area contributed by atoms with Crippen LogP contribution in [0.2, 0.25) is 5.02 Å². The molecule has 10 heteroatoms. The molecule has 1 aliphatic rings. The molecule has 8 nitrogen and oxygen atoms in total. The number of hydrogen-bond donors (Lipinski definition) is 0.